The number of hydrogen-bond acceptors (Lipinski definition) is 6. The zero-order valence-electron chi connectivity index (χ0n) is 15.1. The van der Waals surface area contributed by atoms with Crippen LogP contribution in [0.25, 0.3) is 0 Å². The Balaban J connectivity index is 1.98. The molecule has 2 aromatic rings. The largest absolute Gasteiger partial charge is 0.448 e. The average molecular weight is 376 g/mol. The van der Waals surface area contributed by atoms with Gasteiger partial charge in [0.05, 0.1) is 5.54 Å². The standard InChI is InChI=1S/C18H21FN4O2S/c1-10-21-14(8-25-10)15(24)22-11-5-6-13(19)12(7-11)18(4)17(2,3)9-26-16(20)23-18/h5-8H,9H2,1-4H3,(H2,20,23)(H,22,24)/t18-/m1/s1. The lowest BCUT2D eigenvalue weighted by atomic mass is 9.70. The van der Waals surface area contributed by atoms with E-state index < -0.39 is 11.4 Å². The number of hydrogen-bond donors (Lipinski definition) is 2. The Morgan fingerprint density at radius 2 is 2.12 bits per heavy atom. The van der Waals surface area contributed by atoms with E-state index in [-0.39, 0.29) is 16.9 Å². The first-order valence-corrected chi connectivity index (χ1v) is 9.12. The highest BCUT2D eigenvalue weighted by Crippen LogP contribution is 2.49. The molecule has 0 radical (unpaired) electrons. The van der Waals surface area contributed by atoms with Crippen molar-refractivity contribution in [3.8, 4) is 0 Å². The first-order chi connectivity index (χ1) is 12.1. The van der Waals surface area contributed by atoms with Gasteiger partial charge in [-0.2, -0.15) is 0 Å². The van der Waals surface area contributed by atoms with Crippen LogP contribution in [0.5, 0.6) is 0 Å². The first kappa shape index (κ1) is 18.4. The molecule has 1 aromatic heterocycles. The SMILES string of the molecule is Cc1nc(C(=O)Nc2ccc(F)c([C@@]3(C)N=C(N)SCC3(C)C)c2)co1. The average Bonchev–Trinajstić information content (AvgIpc) is 3.00. The molecule has 0 saturated heterocycles. The number of benzene rings is 1. The lowest BCUT2D eigenvalue weighted by Crippen LogP contribution is -2.45. The zero-order valence-corrected chi connectivity index (χ0v) is 15.9. The van der Waals surface area contributed by atoms with Crippen molar-refractivity contribution in [3.05, 3.63) is 47.4 Å². The topological polar surface area (TPSA) is 93.5 Å². The minimum absolute atomic E-state index is 0.163. The van der Waals surface area contributed by atoms with Gasteiger partial charge in [0, 0.05) is 29.3 Å². The number of aliphatic imine (C=N–C) groups is 1. The van der Waals surface area contributed by atoms with Crippen LogP contribution in [0.4, 0.5) is 10.1 Å². The van der Waals surface area contributed by atoms with Gasteiger partial charge >= 0.3 is 0 Å². The fraction of sp³-hybridized carbons (Fsp3) is 0.389. The second-order valence-electron chi connectivity index (χ2n) is 7.10. The molecule has 8 heteroatoms. The number of amides is 1. The summed E-state index contributed by atoms with van der Waals surface area (Å²) in [5.74, 6) is 0.298. The number of halogens is 1. The molecule has 0 saturated carbocycles. The molecule has 2 heterocycles. The third-order valence-electron chi connectivity index (χ3n) is 4.83. The maximum Gasteiger partial charge on any atom is 0.277 e. The summed E-state index contributed by atoms with van der Waals surface area (Å²) in [6.45, 7) is 7.57. The highest BCUT2D eigenvalue weighted by molar-refractivity contribution is 8.13. The van der Waals surface area contributed by atoms with E-state index in [1.165, 1.54) is 30.2 Å². The van der Waals surface area contributed by atoms with E-state index in [0.717, 1.165) is 0 Å². The van der Waals surface area contributed by atoms with E-state index in [2.05, 4.69) is 15.3 Å². The van der Waals surface area contributed by atoms with Gasteiger partial charge in [-0.25, -0.2) is 9.37 Å². The Hall–Kier alpha value is -2.35. The molecule has 1 aromatic carbocycles. The van der Waals surface area contributed by atoms with Crippen molar-refractivity contribution in [2.24, 2.45) is 16.1 Å². The molecule has 0 fully saturated rings. The molecule has 1 amide bonds. The summed E-state index contributed by atoms with van der Waals surface area (Å²) in [6, 6.07) is 4.44. The number of carbonyl (C=O) groups excluding carboxylic acids is 1. The summed E-state index contributed by atoms with van der Waals surface area (Å²) in [5, 5.41) is 3.15. The molecule has 138 valence electrons. The Kier molecular flexibility index (Phi) is 4.56. The van der Waals surface area contributed by atoms with Crippen LogP contribution < -0.4 is 11.1 Å². The number of aromatic nitrogens is 1. The molecule has 3 N–H and O–H groups in total. The highest BCUT2D eigenvalue weighted by Gasteiger charge is 2.46. The van der Waals surface area contributed by atoms with Gasteiger partial charge in [-0.05, 0) is 25.1 Å². The van der Waals surface area contributed by atoms with Crippen LogP contribution in [0, 0.1) is 18.2 Å². The quantitative estimate of drug-likeness (QED) is 0.852. The van der Waals surface area contributed by atoms with Crippen molar-refractivity contribution in [1.82, 2.24) is 4.98 Å². The van der Waals surface area contributed by atoms with Crippen LogP contribution in [0.1, 0.15) is 42.7 Å². The van der Waals surface area contributed by atoms with Crippen molar-refractivity contribution in [2.45, 2.75) is 33.2 Å². The predicted octanol–water partition coefficient (Wildman–Crippen LogP) is 3.68. The van der Waals surface area contributed by atoms with Crippen molar-refractivity contribution >= 4 is 28.5 Å². The predicted molar refractivity (Wildman–Crippen MR) is 101 cm³/mol. The van der Waals surface area contributed by atoms with Crippen LogP contribution in [0.3, 0.4) is 0 Å². The van der Waals surface area contributed by atoms with Crippen molar-refractivity contribution in [3.63, 3.8) is 0 Å². The molecule has 0 unspecified atom stereocenters. The molecule has 0 aliphatic carbocycles. The van der Waals surface area contributed by atoms with Crippen molar-refractivity contribution < 1.29 is 13.6 Å². The smallest absolute Gasteiger partial charge is 0.277 e. The summed E-state index contributed by atoms with van der Waals surface area (Å²) in [6.07, 6.45) is 1.28. The Morgan fingerprint density at radius 3 is 2.77 bits per heavy atom. The number of nitrogens with two attached hydrogens (primary N) is 1. The van der Waals surface area contributed by atoms with E-state index in [1.54, 1.807) is 13.0 Å². The zero-order chi connectivity index (χ0) is 19.1. The van der Waals surface area contributed by atoms with Gasteiger partial charge in [-0.15, -0.1) is 0 Å². The third kappa shape index (κ3) is 3.21. The summed E-state index contributed by atoms with van der Waals surface area (Å²) in [4.78, 5) is 20.8. The molecule has 1 aliphatic rings. The molecule has 0 bridgehead atoms. The van der Waals surface area contributed by atoms with Crippen molar-refractivity contribution in [2.75, 3.05) is 11.1 Å². The van der Waals surface area contributed by atoms with Gasteiger partial charge in [0.15, 0.2) is 16.8 Å². The van der Waals surface area contributed by atoms with E-state index >= 15 is 0 Å². The van der Waals surface area contributed by atoms with E-state index in [9.17, 15) is 9.18 Å². The van der Waals surface area contributed by atoms with Crippen molar-refractivity contribution in [1.29, 1.82) is 0 Å². The van der Waals surface area contributed by atoms with Crippen LogP contribution in [-0.4, -0.2) is 21.8 Å². The second kappa shape index (κ2) is 6.42. The molecule has 0 spiro atoms. The van der Waals surface area contributed by atoms with Gasteiger partial charge < -0.3 is 15.5 Å². The number of thioether (sulfide) groups is 1. The van der Waals surface area contributed by atoms with Gasteiger partial charge in [0.1, 0.15) is 12.1 Å². The maximum atomic E-state index is 14.7. The van der Waals surface area contributed by atoms with Crippen LogP contribution in [0.15, 0.2) is 33.9 Å². The number of anilines is 1. The normalized spacial score (nSPS) is 22.0. The van der Waals surface area contributed by atoms with Crippen LogP contribution in [0.2, 0.25) is 0 Å². The summed E-state index contributed by atoms with van der Waals surface area (Å²) in [7, 11) is 0. The lowest BCUT2D eigenvalue weighted by Gasteiger charge is -2.44. The number of aryl methyl sites for hydroxylation is 1. The third-order valence-corrected chi connectivity index (χ3v) is 6.09. The van der Waals surface area contributed by atoms with Gasteiger partial charge in [0.25, 0.3) is 5.91 Å². The Labute approximate surface area is 155 Å². The van der Waals surface area contributed by atoms with E-state index in [1.807, 2.05) is 20.8 Å². The highest BCUT2D eigenvalue weighted by atomic mass is 32.2. The second-order valence-corrected chi connectivity index (χ2v) is 8.09. The maximum absolute atomic E-state index is 14.7. The first-order valence-electron chi connectivity index (χ1n) is 8.14. The molecule has 3 rings (SSSR count). The number of amidine groups is 1. The fourth-order valence-electron chi connectivity index (χ4n) is 2.86. The number of carbonyl (C=O) groups is 1. The fourth-order valence-corrected chi connectivity index (χ4v) is 3.90. The number of rotatable bonds is 3. The lowest BCUT2D eigenvalue weighted by molar-refractivity contribution is 0.102. The van der Waals surface area contributed by atoms with E-state index in [0.29, 0.717) is 28.1 Å². The van der Waals surface area contributed by atoms with Gasteiger partial charge in [0.2, 0.25) is 0 Å². The molecule has 6 nitrogen and oxygen atoms in total. The summed E-state index contributed by atoms with van der Waals surface area (Å²) < 4.78 is 19.7. The van der Waals surface area contributed by atoms with E-state index in [4.69, 9.17) is 10.2 Å². The molecular formula is C18H21FN4O2S. The minimum atomic E-state index is -0.850. The van der Waals surface area contributed by atoms with Crippen LogP contribution >= 0.6 is 11.8 Å². The molecule has 1 atom stereocenters. The summed E-state index contributed by atoms with van der Waals surface area (Å²) >= 11 is 1.46. The van der Waals surface area contributed by atoms with Gasteiger partial charge in [-0.3, -0.25) is 9.79 Å². The summed E-state index contributed by atoms with van der Waals surface area (Å²) in [5.41, 5.74) is 5.75. The number of nitrogens with one attached hydrogen (secondary N) is 1. The van der Waals surface area contributed by atoms with Gasteiger partial charge in [-0.1, -0.05) is 25.6 Å². The molecule has 26 heavy (non-hydrogen) atoms. The Bertz CT molecular complexity index is 893. The monoisotopic (exact) mass is 376 g/mol. The van der Waals surface area contributed by atoms with Crippen LogP contribution in [-0.2, 0) is 5.54 Å². The Morgan fingerprint density at radius 1 is 1.38 bits per heavy atom. The number of oxazole rings is 1. The number of nitrogens with zero attached hydrogens (tertiary/aromatic N) is 2. The molecular weight excluding hydrogens is 355 g/mol. The molecule has 1 aliphatic heterocycles. The minimum Gasteiger partial charge on any atom is -0.448 e.